The predicted octanol–water partition coefficient (Wildman–Crippen LogP) is 2.90. The third-order valence-corrected chi connectivity index (χ3v) is 6.76. The monoisotopic (exact) mass is 353 g/mol. The Balaban J connectivity index is 2.31. The SMILES string of the molecule is CCS(=O)(=O)c1ccc(NS(=O)(=O)c2ccc(C)cc2C)cc1. The van der Waals surface area contributed by atoms with E-state index in [-0.39, 0.29) is 15.5 Å². The minimum absolute atomic E-state index is 0.000630. The van der Waals surface area contributed by atoms with Gasteiger partial charge in [0.2, 0.25) is 0 Å². The average Bonchev–Trinajstić information content (AvgIpc) is 2.47. The van der Waals surface area contributed by atoms with E-state index in [9.17, 15) is 16.8 Å². The summed E-state index contributed by atoms with van der Waals surface area (Å²) in [6, 6.07) is 10.8. The van der Waals surface area contributed by atoms with Gasteiger partial charge in [-0.2, -0.15) is 0 Å². The summed E-state index contributed by atoms with van der Waals surface area (Å²) in [6.07, 6.45) is 0. The predicted molar refractivity (Wildman–Crippen MR) is 90.9 cm³/mol. The highest BCUT2D eigenvalue weighted by atomic mass is 32.2. The van der Waals surface area contributed by atoms with Crippen LogP contribution in [0.3, 0.4) is 0 Å². The maximum atomic E-state index is 12.4. The molecular weight excluding hydrogens is 334 g/mol. The smallest absolute Gasteiger partial charge is 0.262 e. The molecular formula is C16H19NO4S2. The van der Waals surface area contributed by atoms with E-state index in [4.69, 9.17) is 0 Å². The van der Waals surface area contributed by atoms with Crippen molar-refractivity contribution in [3.8, 4) is 0 Å². The lowest BCUT2D eigenvalue weighted by Gasteiger charge is -2.11. The van der Waals surface area contributed by atoms with Gasteiger partial charge < -0.3 is 0 Å². The molecule has 0 saturated carbocycles. The molecule has 0 radical (unpaired) electrons. The zero-order chi connectivity index (χ0) is 17.3. The van der Waals surface area contributed by atoms with E-state index in [1.165, 1.54) is 24.3 Å². The van der Waals surface area contributed by atoms with Crippen molar-refractivity contribution >= 4 is 25.5 Å². The first-order chi connectivity index (χ1) is 10.7. The second kappa shape index (κ2) is 6.33. The van der Waals surface area contributed by atoms with Crippen LogP contribution in [-0.2, 0) is 19.9 Å². The van der Waals surface area contributed by atoms with Crippen molar-refractivity contribution in [1.29, 1.82) is 0 Å². The number of anilines is 1. The van der Waals surface area contributed by atoms with Crippen LogP contribution in [0.25, 0.3) is 0 Å². The van der Waals surface area contributed by atoms with Gasteiger partial charge in [0, 0.05) is 5.69 Å². The second-order valence-corrected chi connectivity index (χ2v) is 9.23. The Hall–Kier alpha value is -1.86. The number of rotatable bonds is 5. The van der Waals surface area contributed by atoms with Crippen LogP contribution in [0.4, 0.5) is 5.69 Å². The van der Waals surface area contributed by atoms with Crippen molar-refractivity contribution in [2.75, 3.05) is 10.5 Å². The topological polar surface area (TPSA) is 80.3 Å². The van der Waals surface area contributed by atoms with Gasteiger partial charge in [0.25, 0.3) is 10.0 Å². The molecule has 124 valence electrons. The number of aryl methyl sites for hydroxylation is 2. The summed E-state index contributed by atoms with van der Waals surface area (Å²) in [5.41, 5.74) is 1.96. The lowest BCUT2D eigenvalue weighted by molar-refractivity contribution is 0.597. The molecule has 0 aliphatic heterocycles. The van der Waals surface area contributed by atoms with Gasteiger partial charge in [0.05, 0.1) is 15.5 Å². The molecule has 0 aliphatic rings. The highest BCUT2D eigenvalue weighted by Crippen LogP contribution is 2.21. The van der Waals surface area contributed by atoms with Gasteiger partial charge >= 0.3 is 0 Å². The van der Waals surface area contributed by atoms with Gasteiger partial charge in [0.15, 0.2) is 9.84 Å². The molecule has 0 aromatic heterocycles. The zero-order valence-corrected chi connectivity index (χ0v) is 14.8. The van der Waals surface area contributed by atoms with Crippen LogP contribution in [-0.4, -0.2) is 22.6 Å². The van der Waals surface area contributed by atoms with Crippen molar-refractivity contribution in [3.63, 3.8) is 0 Å². The lowest BCUT2D eigenvalue weighted by atomic mass is 10.2. The molecule has 0 saturated heterocycles. The second-order valence-electron chi connectivity index (χ2n) is 5.30. The average molecular weight is 353 g/mol. The van der Waals surface area contributed by atoms with E-state index in [1.807, 2.05) is 6.92 Å². The van der Waals surface area contributed by atoms with Crippen molar-refractivity contribution < 1.29 is 16.8 Å². The van der Waals surface area contributed by atoms with Crippen molar-refractivity contribution in [2.24, 2.45) is 0 Å². The first-order valence-corrected chi connectivity index (χ1v) is 10.2. The van der Waals surface area contributed by atoms with Gasteiger partial charge in [-0.3, -0.25) is 4.72 Å². The van der Waals surface area contributed by atoms with Crippen LogP contribution in [0.15, 0.2) is 52.3 Å². The highest BCUT2D eigenvalue weighted by Gasteiger charge is 2.17. The Bertz CT molecular complexity index is 915. The van der Waals surface area contributed by atoms with Gasteiger partial charge in [-0.25, -0.2) is 16.8 Å². The number of sulfonamides is 1. The Morgan fingerprint density at radius 2 is 1.52 bits per heavy atom. The maximum Gasteiger partial charge on any atom is 0.262 e. The number of benzene rings is 2. The van der Waals surface area contributed by atoms with E-state index in [0.717, 1.165) is 5.56 Å². The van der Waals surface area contributed by atoms with Gasteiger partial charge in [0.1, 0.15) is 0 Å². The van der Waals surface area contributed by atoms with E-state index < -0.39 is 19.9 Å². The van der Waals surface area contributed by atoms with Gasteiger partial charge in [-0.1, -0.05) is 24.6 Å². The largest absolute Gasteiger partial charge is 0.280 e. The summed E-state index contributed by atoms with van der Waals surface area (Å²) in [5.74, 6) is 0.000630. The molecule has 0 atom stereocenters. The van der Waals surface area contributed by atoms with Crippen molar-refractivity contribution in [2.45, 2.75) is 30.6 Å². The first kappa shape index (κ1) is 17.5. The summed E-state index contributed by atoms with van der Waals surface area (Å²) in [5, 5.41) is 0. The third-order valence-electron chi connectivity index (χ3n) is 3.47. The molecule has 7 heteroatoms. The molecule has 0 bridgehead atoms. The van der Waals surface area contributed by atoms with Crippen molar-refractivity contribution in [1.82, 2.24) is 0 Å². The molecule has 0 spiro atoms. The fraction of sp³-hybridized carbons (Fsp3) is 0.250. The summed E-state index contributed by atoms with van der Waals surface area (Å²) in [6.45, 7) is 5.19. The molecule has 2 rings (SSSR count). The quantitative estimate of drug-likeness (QED) is 0.896. The number of nitrogens with one attached hydrogen (secondary N) is 1. The van der Waals surface area contributed by atoms with E-state index in [1.54, 1.807) is 32.0 Å². The zero-order valence-electron chi connectivity index (χ0n) is 13.2. The molecule has 0 heterocycles. The molecule has 2 aromatic carbocycles. The van der Waals surface area contributed by atoms with Crippen LogP contribution >= 0.6 is 0 Å². The van der Waals surface area contributed by atoms with Gasteiger partial charge in [-0.15, -0.1) is 0 Å². The van der Waals surface area contributed by atoms with Crippen LogP contribution in [0.1, 0.15) is 18.1 Å². The molecule has 1 N–H and O–H groups in total. The summed E-state index contributed by atoms with van der Waals surface area (Å²) in [4.78, 5) is 0.378. The van der Waals surface area contributed by atoms with E-state index in [0.29, 0.717) is 11.3 Å². The van der Waals surface area contributed by atoms with Crippen LogP contribution in [0.5, 0.6) is 0 Å². The Morgan fingerprint density at radius 1 is 0.913 bits per heavy atom. The maximum absolute atomic E-state index is 12.4. The third kappa shape index (κ3) is 3.92. The lowest BCUT2D eigenvalue weighted by Crippen LogP contribution is -2.14. The molecule has 0 aliphatic carbocycles. The normalized spacial score (nSPS) is 12.1. The molecule has 23 heavy (non-hydrogen) atoms. The van der Waals surface area contributed by atoms with E-state index in [2.05, 4.69) is 4.72 Å². The Kier molecular flexibility index (Phi) is 4.81. The molecule has 5 nitrogen and oxygen atoms in total. The summed E-state index contributed by atoms with van der Waals surface area (Å²) < 4.78 is 50.9. The van der Waals surface area contributed by atoms with Crippen molar-refractivity contribution in [3.05, 3.63) is 53.6 Å². The minimum atomic E-state index is -3.71. The van der Waals surface area contributed by atoms with Crippen LogP contribution < -0.4 is 4.72 Å². The fourth-order valence-corrected chi connectivity index (χ4v) is 4.38. The van der Waals surface area contributed by atoms with E-state index >= 15 is 0 Å². The molecule has 0 unspecified atom stereocenters. The summed E-state index contributed by atoms with van der Waals surface area (Å²) >= 11 is 0. The minimum Gasteiger partial charge on any atom is -0.280 e. The highest BCUT2D eigenvalue weighted by molar-refractivity contribution is 7.92. The Labute approximate surface area is 137 Å². The molecule has 2 aromatic rings. The molecule has 0 amide bonds. The van der Waals surface area contributed by atoms with Crippen LogP contribution in [0, 0.1) is 13.8 Å². The number of hydrogen-bond acceptors (Lipinski definition) is 4. The van der Waals surface area contributed by atoms with Crippen LogP contribution in [0.2, 0.25) is 0 Å². The fourth-order valence-electron chi connectivity index (χ4n) is 2.21. The van der Waals surface area contributed by atoms with Gasteiger partial charge in [-0.05, 0) is 49.7 Å². The molecule has 0 fully saturated rings. The Morgan fingerprint density at radius 3 is 2.04 bits per heavy atom. The number of sulfone groups is 1. The standard InChI is InChI=1S/C16H19NO4S2/c1-4-22(18,19)15-8-6-14(7-9-15)17-23(20,21)16-10-5-12(2)11-13(16)3/h5-11,17H,4H2,1-3H3. The summed E-state index contributed by atoms with van der Waals surface area (Å²) in [7, 11) is -7.01. The number of hydrogen-bond donors (Lipinski definition) is 1. The first-order valence-electron chi connectivity index (χ1n) is 7.08.